The molecule has 9 nitrogen and oxygen atoms in total. The Hall–Kier alpha value is -3.50. The summed E-state index contributed by atoms with van der Waals surface area (Å²) >= 11 is 0. The van der Waals surface area contributed by atoms with Crippen LogP contribution in [0.15, 0.2) is 64.0 Å². The summed E-state index contributed by atoms with van der Waals surface area (Å²) in [6.07, 6.45) is 0.523. The molecule has 2 heterocycles. The van der Waals surface area contributed by atoms with Gasteiger partial charge in [0.25, 0.3) is 5.56 Å². The summed E-state index contributed by atoms with van der Waals surface area (Å²) in [5.74, 6) is 0.177. The molecule has 0 aliphatic carbocycles. The van der Waals surface area contributed by atoms with E-state index in [-0.39, 0.29) is 40.0 Å². The standard InChI is InChI=1S/C20H19N5O4S/c21-18-17(19-23-15-4-2-1-3-14(15)20(27)24-19)16(26)11-25(18)10-9-12-5-7-13(8-6-12)30(22,28)29/h1-8,21,26H,9-11H2,(H2,22,28,29)(H,23,24,27). The molecule has 3 aromatic rings. The second-order valence-electron chi connectivity index (χ2n) is 6.96. The Balaban J connectivity index is 1.52. The molecule has 1 aromatic heterocycles. The molecule has 0 saturated heterocycles. The molecule has 0 unspecified atom stereocenters. The van der Waals surface area contributed by atoms with Crippen LogP contribution in [0, 0.1) is 5.41 Å². The van der Waals surface area contributed by atoms with Crippen molar-refractivity contribution >= 4 is 32.3 Å². The van der Waals surface area contributed by atoms with Gasteiger partial charge in [-0.15, -0.1) is 0 Å². The molecule has 154 valence electrons. The summed E-state index contributed by atoms with van der Waals surface area (Å²) in [6, 6.07) is 13.1. The average molecular weight is 425 g/mol. The number of hydrogen-bond acceptors (Lipinski definition) is 6. The number of hydrogen-bond donors (Lipinski definition) is 4. The third kappa shape index (κ3) is 3.70. The van der Waals surface area contributed by atoms with Crippen molar-refractivity contribution in [1.29, 1.82) is 5.41 Å². The lowest BCUT2D eigenvalue weighted by molar-refractivity contribution is 0.351. The number of nitrogens with zero attached hydrogens (tertiary/aromatic N) is 2. The molecule has 30 heavy (non-hydrogen) atoms. The van der Waals surface area contributed by atoms with Gasteiger partial charge in [-0.3, -0.25) is 10.2 Å². The maximum atomic E-state index is 12.3. The first-order chi connectivity index (χ1) is 14.2. The van der Waals surface area contributed by atoms with Crippen LogP contribution in [0.2, 0.25) is 0 Å². The van der Waals surface area contributed by atoms with E-state index in [1.807, 2.05) is 0 Å². The SMILES string of the molecule is N=C1C(c2nc3ccccc3c(=O)[nH]2)=C(O)CN1CCc1ccc(S(N)(=O)=O)cc1. The molecule has 0 fully saturated rings. The van der Waals surface area contributed by atoms with Crippen LogP contribution in [0.3, 0.4) is 0 Å². The summed E-state index contributed by atoms with van der Waals surface area (Å²) in [5.41, 5.74) is 1.21. The average Bonchev–Trinajstić information content (AvgIpc) is 2.99. The van der Waals surface area contributed by atoms with Gasteiger partial charge < -0.3 is 15.0 Å². The van der Waals surface area contributed by atoms with Crippen LogP contribution in [0.5, 0.6) is 0 Å². The molecule has 0 spiro atoms. The number of aliphatic hydroxyl groups excluding tert-OH is 1. The topological polar surface area (TPSA) is 153 Å². The van der Waals surface area contributed by atoms with Gasteiger partial charge in [0, 0.05) is 6.54 Å². The summed E-state index contributed by atoms with van der Waals surface area (Å²) in [7, 11) is -3.74. The highest BCUT2D eigenvalue weighted by atomic mass is 32.2. The van der Waals surface area contributed by atoms with Gasteiger partial charge in [-0.25, -0.2) is 18.5 Å². The van der Waals surface area contributed by atoms with E-state index in [2.05, 4.69) is 9.97 Å². The van der Waals surface area contributed by atoms with Crippen LogP contribution < -0.4 is 10.7 Å². The fourth-order valence-electron chi connectivity index (χ4n) is 3.39. The van der Waals surface area contributed by atoms with Crippen molar-refractivity contribution in [2.45, 2.75) is 11.3 Å². The van der Waals surface area contributed by atoms with Crippen molar-refractivity contribution in [1.82, 2.24) is 14.9 Å². The van der Waals surface area contributed by atoms with E-state index in [0.717, 1.165) is 5.56 Å². The van der Waals surface area contributed by atoms with Gasteiger partial charge in [0.2, 0.25) is 10.0 Å². The number of rotatable bonds is 5. The molecule has 5 N–H and O–H groups in total. The van der Waals surface area contributed by atoms with E-state index in [0.29, 0.717) is 23.9 Å². The fourth-order valence-corrected chi connectivity index (χ4v) is 3.90. The van der Waals surface area contributed by atoms with Crippen molar-refractivity contribution < 1.29 is 13.5 Å². The van der Waals surface area contributed by atoms with E-state index >= 15 is 0 Å². The smallest absolute Gasteiger partial charge is 0.259 e. The van der Waals surface area contributed by atoms with Crippen molar-refractivity contribution in [3.8, 4) is 0 Å². The summed E-state index contributed by atoms with van der Waals surface area (Å²) < 4.78 is 22.7. The molecule has 1 aliphatic heterocycles. The van der Waals surface area contributed by atoms with Crippen molar-refractivity contribution in [3.05, 3.63) is 76.0 Å². The maximum Gasteiger partial charge on any atom is 0.259 e. The highest BCUT2D eigenvalue weighted by Gasteiger charge is 2.30. The van der Waals surface area contributed by atoms with Gasteiger partial charge in [-0.2, -0.15) is 0 Å². The Kier molecular flexibility index (Phi) is 4.88. The van der Waals surface area contributed by atoms with Crippen LogP contribution in [-0.2, 0) is 16.4 Å². The first kappa shape index (κ1) is 19.8. The number of amidine groups is 1. The summed E-state index contributed by atoms with van der Waals surface area (Å²) in [6.45, 7) is 0.541. The summed E-state index contributed by atoms with van der Waals surface area (Å²) in [5, 5.41) is 24.4. The predicted molar refractivity (Wildman–Crippen MR) is 113 cm³/mol. The Labute approximate surface area is 172 Å². The van der Waals surface area contributed by atoms with Crippen LogP contribution in [0.1, 0.15) is 11.4 Å². The molecule has 0 radical (unpaired) electrons. The van der Waals surface area contributed by atoms with E-state index in [4.69, 9.17) is 10.5 Å². The third-order valence-corrected chi connectivity index (χ3v) is 5.88. The highest BCUT2D eigenvalue weighted by Crippen LogP contribution is 2.25. The second-order valence-corrected chi connectivity index (χ2v) is 8.52. The monoisotopic (exact) mass is 425 g/mol. The molecule has 0 bridgehead atoms. The zero-order valence-electron chi connectivity index (χ0n) is 15.8. The molecule has 2 aromatic carbocycles. The maximum absolute atomic E-state index is 12.3. The molecule has 0 amide bonds. The van der Waals surface area contributed by atoms with E-state index in [1.165, 1.54) is 12.1 Å². The number of nitrogens with two attached hydrogens (primary N) is 1. The zero-order chi connectivity index (χ0) is 21.5. The van der Waals surface area contributed by atoms with Crippen LogP contribution in [0.4, 0.5) is 0 Å². The Bertz CT molecular complexity index is 1340. The first-order valence-electron chi connectivity index (χ1n) is 9.11. The lowest BCUT2D eigenvalue weighted by Gasteiger charge is -2.18. The number of benzene rings is 2. The van der Waals surface area contributed by atoms with Crippen LogP contribution >= 0.6 is 0 Å². The predicted octanol–water partition coefficient (Wildman–Crippen LogP) is 1.38. The molecule has 0 saturated carbocycles. The molecule has 0 atom stereocenters. The van der Waals surface area contributed by atoms with E-state index in [9.17, 15) is 18.3 Å². The molecular weight excluding hydrogens is 406 g/mol. The van der Waals surface area contributed by atoms with Gasteiger partial charge in [-0.1, -0.05) is 24.3 Å². The van der Waals surface area contributed by atoms with Gasteiger partial charge in [0.05, 0.1) is 27.9 Å². The number of nitrogens with one attached hydrogen (secondary N) is 2. The van der Waals surface area contributed by atoms with Crippen molar-refractivity contribution in [2.24, 2.45) is 5.14 Å². The number of aromatic nitrogens is 2. The van der Waals surface area contributed by atoms with Crippen LogP contribution in [0.25, 0.3) is 16.5 Å². The third-order valence-electron chi connectivity index (χ3n) is 4.95. The number of primary sulfonamides is 1. The lowest BCUT2D eigenvalue weighted by atomic mass is 10.1. The number of sulfonamides is 1. The van der Waals surface area contributed by atoms with E-state index < -0.39 is 10.0 Å². The van der Waals surface area contributed by atoms with Gasteiger partial charge in [0.1, 0.15) is 17.4 Å². The number of H-pyrrole nitrogens is 1. The first-order valence-corrected chi connectivity index (χ1v) is 10.7. The fraction of sp³-hybridized carbons (Fsp3) is 0.150. The number of fused-ring (bicyclic) bond motifs is 1. The molecule has 4 rings (SSSR count). The van der Waals surface area contributed by atoms with E-state index in [1.54, 1.807) is 41.3 Å². The van der Waals surface area contributed by atoms with Crippen molar-refractivity contribution in [2.75, 3.05) is 13.1 Å². The molecule has 1 aliphatic rings. The number of aliphatic hydroxyl groups is 1. The minimum absolute atomic E-state index is 0.0353. The summed E-state index contributed by atoms with van der Waals surface area (Å²) in [4.78, 5) is 21.1. The Morgan fingerprint density at radius 3 is 2.57 bits per heavy atom. The van der Waals surface area contributed by atoms with Gasteiger partial charge in [0.15, 0.2) is 0 Å². The second kappa shape index (κ2) is 7.39. The minimum atomic E-state index is -3.74. The van der Waals surface area contributed by atoms with Gasteiger partial charge in [-0.05, 0) is 36.2 Å². The zero-order valence-corrected chi connectivity index (χ0v) is 16.6. The largest absolute Gasteiger partial charge is 0.510 e. The van der Waals surface area contributed by atoms with Crippen molar-refractivity contribution in [3.63, 3.8) is 0 Å². The minimum Gasteiger partial charge on any atom is -0.510 e. The molecular formula is C20H19N5O4S. The van der Waals surface area contributed by atoms with Gasteiger partial charge >= 0.3 is 0 Å². The quantitative estimate of drug-likeness (QED) is 0.484. The van der Waals surface area contributed by atoms with Crippen LogP contribution in [-0.4, -0.2) is 47.3 Å². The highest BCUT2D eigenvalue weighted by molar-refractivity contribution is 7.89. The number of aromatic amines is 1. The normalized spacial score (nSPS) is 14.7. The molecule has 10 heteroatoms. The Morgan fingerprint density at radius 1 is 1.17 bits per heavy atom. The Morgan fingerprint density at radius 2 is 1.87 bits per heavy atom. The lowest BCUT2D eigenvalue weighted by Crippen LogP contribution is -2.29. The number of para-hydroxylation sites is 1.